The van der Waals surface area contributed by atoms with Crippen LogP contribution in [0.5, 0.6) is 11.5 Å². The molecule has 0 bridgehead atoms. The average Bonchev–Trinajstić information content (AvgIpc) is 2.81. The van der Waals surface area contributed by atoms with Gasteiger partial charge in [-0.1, -0.05) is 6.07 Å². The summed E-state index contributed by atoms with van der Waals surface area (Å²) in [5.74, 6) is 1.07. The van der Waals surface area contributed by atoms with E-state index in [2.05, 4.69) is 5.32 Å². The molecule has 1 N–H and O–H groups in total. The van der Waals surface area contributed by atoms with Gasteiger partial charge in [0, 0.05) is 13.1 Å². The lowest BCUT2D eigenvalue weighted by Gasteiger charge is -2.27. The Morgan fingerprint density at radius 3 is 2.76 bits per heavy atom. The van der Waals surface area contributed by atoms with Crippen LogP contribution in [0.1, 0.15) is 29.6 Å². The number of methoxy groups -OCH3 is 2. The number of nitrogens with one attached hydrogen (secondary N) is 1. The van der Waals surface area contributed by atoms with Crippen molar-refractivity contribution < 1.29 is 14.3 Å². The van der Waals surface area contributed by atoms with Crippen molar-refractivity contribution in [2.75, 3.05) is 34.4 Å². The predicted molar refractivity (Wildman–Crippen MR) is 82.1 cm³/mol. The van der Waals surface area contributed by atoms with Crippen molar-refractivity contribution in [3.05, 3.63) is 23.8 Å². The molecule has 1 aliphatic heterocycles. The molecule has 1 aromatic rings. The summed E-state index contributed by atoms with van der Waals surface area (Å²) in [5.41, 5.74) is 0.552. The molecule has 1 heterocycles. The number of carbonyl (C=O) groups is 1. The minimum absolute atomic E-state index is 0.0161. The molecule has 0 aromatic heterocycles. The van der Waals surface area contributed by atoms with Crippen LogP contribution in [-0.2, 0) is 0 Å². The SMILES string of the molecule is COc1cccc(C(=O)N(C)C2CCCNCC2)c1OC. The van der Waals surface area contributed by atoms with Gasteiger partial charge in [-0.25, -0.2) is 0 Å². The molecule has 1 aromatic carbocycles. The van der Waals surface area contributed by atoms with E-state index in [0.717, 1.165) is 32.4 Å². The largest absolute Gasteiger partial charge is 0.493 e. The second-order valence-corrected chi connectivity index (χ2v) is 5.29. The van der Waals surface area contributed by atoms with Crippen LogP contribution in [0.2, 0.25) is 0 Å². The molecule has 0 aliphatic carbocycles. The highest BCUT2D eigenvalue weighted by molar-refractivity contribution is 5.97. The van der Waals surface area contributed by atoms with Crippen LogP contribution in [0.25, 0.3) is 0 Å². The van der Waals surface area contributed by atoms with Crippen LogP contribution in [0, 0.1) is 0 Å². The van der Waals surface area contributed by atoms with E-state index in [4.69, 9.17) is 9.47 Å². The predicted octanol–water partition coefficient (Wildman–Crippen LogP) is 1.92. The molecule has 2 rings (SSSR count). The molecule has 0 saturated carbocycles. The Morgan fingerprint density at radius 2 is 2.05 bits per heavy atom. The quantitative estimate of drug-likeness (QED) is 0.921. The van der Waals surface area contributed by atoms with Gasteiger partial charge in [-0.15, -0.1) is 0 Å². The fourth-order valence-corrected chi connectivity index (χ4v) is 2.80. The fraction of sp³-hybridized carbons (Fsp3) is 0.562. The summed E-state index contributed by atoms with van der Waals surface area (Å²) in [7, 11) is 5.01. The first-order chi connectivity index (χ1) is 10.2. The van der Waals surface area contributed by atoms with Crippen LogP contribution >= 0.6 is 0 Å². The van der Waals surface area contributed by atoms with Gasteiger partial charge in [-0.2, -0.15) is 0 Å². The molecule has 1 aliphatic rings. The number of carbonyl (C=O) groups excluding carboxylic acids is 1. The van der Waals surface area contributed by atoms with Crippen molar-refractivity contribution in [3.63, 3.8) is 0 Å². The van der Waals surface area contributed by atoms with E-state index < -0.39 is 0 Å². The van der Waals surface area contributed by atoms with Crippen LogP contribution in [0.3, 0.4) is 0 Å². The number of hydrogen-bond donors (Lipinski definition) is 1. The van der Waals surface area contributed by atoms with Crippen molar-refractivity contribution in [3.8, 4) is 11.5 Å². The summed E-state index contributed by atoms with van der Waals surface area (Å²) in [6.45, 7) is 1.98. The van der Waals surface area contributed by atoms with Crippen LogP contribution < -0.4 is 14.8 Å². The minimum Gasteiger partial charge on any atom is -0.493 e. The maximum Gasteiger partial charge on any atom is 0.257 e. The molecule has 1 fully saturated rings. The lowest BCUT2D eigenvalue weighted by molar-refractivity contribution is 0.0716. The second-order valence-electron chi connectivity index (χ2n) is 5.29. The van der Waals surface area contributed by atoms with Crippen molar-refractivity contribution in [2.45, 2.75) is 25.3 Å². The first-order valence-electron chi connectivity index (χ1n) is 7.38. The maximum atomic E-state index is 12.8. The van der Waals surface area contributed by atoms with Gasteiger partial charge in [0.1, 0.15) is 0 Å². The van der Waals surface area contributed by atoms with Crippen LogP contribution in [0.15, 0.2) is 18.2 Å². The fourth-order valence-electron chi connectivity index (χ4n) is 2.80. The number of para-hydroxylation sites is 1. The van der Waals surface area contributed by atoms with Gasteiger partial charge in [0.05, 0.1) is 19.8 Å². The standard InChI is InChI=1S/C16H24N2O3/c1-18(12-6-5-10-17-11-9-12)16(19)13-7-4-8-14(20-2)15(13)21-3/h4,7-8,12,17H,5-6,9-11H2,1-3H3. The van der Waals surface area contributed by atoms with Gasteiger partial charge >= 0.3 is 0 Å². The summed E-state index contributed by atoms with van der Waals surface area (Å²) >= 11 is 0. The first kappa shape index (κ1) is 15.6. The van der Waals surface area contributed by atoms with Gasteiger partial charge in [0.2, 0.25) is 0 Å². The molecule has 1 saturated heterocycles. The number of ether oxygens (including phenoxy) is 2. The Morgan fingerprint density at radius 1 is 1.24 bits per heavy atom. The zero-order valence-electron chi connectivity index (χ0n) is 13.0. The lowest BCUT2D eigenvalue weighted by Crippen LogP contribution is -2.37. The number of hydrogen-bond acceptors (Lipinski definition) is 4. The highest BCUT2D eigenvalue weighted by atomic mass is 16.5. The van der Waals surface area contributed by atoms with Gasteiger partial charge < -0.3 is 19.7 Å². The molecule has 1 atom stereocenters. The molecule has 21 heavy (non-hydrogen) atoms. The Hall–Kier alpha value is -1.75. The monoisotopic (exact) mass is 292 g/mol. The van der Waals surface area contributed by atoms with Gasteiger partial charge in [-0.3, -0.25) is 4.79 Å². The molecule has 0 spiro atoms. The normalized spacial score (nSPS) is 18.7. The van der Waals surface area contributed by atoms with Crippen LogP contribution in [0.4, 0.5) is 0 Å². The third-order valence-corrected chi connectivity index (χ3v) is 4.05. The molecule has 5 heteroatoms. The molecular formula is C16H24N2O3. The number of amides is 1. The van der Waals surface area contributed by atoms with Gasteiger partial charge in [0.15, 0.2) is 11.5 Å². The minimum atomic E-state index is -0.0161. The lowest BCUT2D eigenvalue weighted by atomic mass is 10.1. The molecule has 1 unspecified atom stereocenters. The van der Waals surface area contributed by atoms with E-state index in [0.29, 0.717) is 17.1 Å². The molecular weight excluding hydrogens is 268 g/mol. The Balaban J connectivity index is 2.22. The zero-order chi connectivity index (χ0) is 15.2. The van der Waals surface area contributed by atoms with E-state index in [1.807, 2.05) is 18.0 Å². The van der Waals surface area contributed by atoms with Gasteiger partial charge in [-0.05, 0) is 44.5 Å². The van der Waals surface area contributed by atoms with Crippen molar-refractivity contribution in [1.82, 2.24) is 10.2 Å². The summed E-state index contributed by atoms with van der Waals surface area (Å²) in [6.07, 6.45) is 3.10. The summed E-state index contributed by atoms with van der Waals surface area (Å²) in [6, 6.07) is 5.67. The topological polar surface area (TPSA) is 50.8 Å². The zero-order valence-corrected chi connectivity index (χ0v) is 13.0. The smallest absolute Gasteiger partial charge is 0.257 e. The molecule has 116 valence electrons. The maximum absolute atomic E-state index is 12.8. The highest BCUT2D eigenvalue weighted by Crippen LogP contribution is 2.32. The van der Waals surface area contributed by atoms with E-state index >= 15 is 0 Å². The average molecular weight is 292 g/mol. The highest BCUT2D eigenvalue weighted by Gasteiger charge is 2.25. The number of benzene rings is 1. The van der Waals surface area contributed by atoms with Crippen LogP contribution in [-0.4, -0.2) is 51.2 Å². The van der Waals surface area contributed by atoms with E-state index in [1.165, 1.54) is 0 Å². The van der Waals surface area contributed by atoms with E-state index in [1.54, 1.807) is 26.4 Å². The van der Waals surface area contributed by atoms with E-state index in [9.17, 15) is 4.79 Å². The Labute approximate surface area is 126 Å². The summed E-state index contributed by atoms with van der Waals surface area (Å²) in [5, 5.41) is 3.37. The third kappa shape index (κ3) is 3.47. The number of rotatable bonds is 4. The van der Waals surface area contributed by atoms with Gasteiger partial charge in [0.25, 0.3) is 5.91 Å². The first-order valence-corrected chi connectivity index (χ1v) is 7.38. The van der Waals surface area contributed by atoms with Crippen molar-refractivity contribution in [1.29, 1.82) is 0 Å². The third-order valence-electron chi connectivity index (χ3n) is 4.05. The Kier molecular flexibility index (Phi) is 5.44. The molecule has 5 nitrogen and oxygen atoms in total. The van der Waals surface area contributed by atoms with E-state index in [-0.39, 0.29) is 11.9 Å². The molecule has 0 radical (unpaired) electrons. The number of nitrogens with zero attached hydrogens (tertiary/aromatic N) is 1. The Bertz CT molecular complexity index is 482. The van der Waals surface area contributed by atoms with Crippen molar-refractivity contribution in [2.24, 2.45) is 0 Å². The summed E-state index contributed by atoms with van der Waals surface area (Å²) in [4.78, 5) is 14.6. The second kappa shape index (κ2) is 7.31. The van der Waals surface area contributed by atoms with Crippen molar-refractivity contribution >= 4 is 5.91 Å². The molecule has 1 amide bonds. The summed E-state index contributed by atoms with van der Waals surface area (Å²) < 4.78 is 10.6.